The molecule has 2 amide bonds. The van der Waals surface area contributed by atoms with E-state index in [1.165, 1.54) is 22.5 Å². The van der Waals surface area contributed by atoms with Crippen LogP contribution < -0.4 is 15.8 Å². The number of para-hydroxylation sites is 1. The number of amides is 2. The van der Waals surface area contributed by atoms with Crippen molar-refractivity contribution in [2.45, 2.75) is 30.8 Å². The molecule has 1 saturated heterocycles. The fourth-order valence-electron chi connectivity index (χ4n) is 3.98. The molecule has 1 atom stereocenters. The summed E-state index contributed by atoms with van der Waals surface area (Å²) in [6, 6.07) is 21.0. The van der Waals surface area contributed by atoms with Crippen molar-refractivity contribution < 1.29 is 22.7 Å². The van der Waals surface area contributed by atoms with Crippen LogP contribution in [0.25, 0.3) is 11.1 Å². The quantitative estimate of drug-likeness (QED) is 0.497. The van der Waals surface area contributed by atoms with Gasteiger partial charge >= 0.3 is 0 Å². The van der Waals surface area contributed by atoms with Crippen LogP contribution in [0.1, 0.15) is 30.1 Å². The van der Waals surface area contributed by atoms with Crippen LogP contribution in [-0.2, 0) is 14.8 Å². The summed E-state index contributed by atoms with van der Waals surface area (Å²) in [5, 5.41) is 2.87. The number of carbonyl (C=O) groups excluding carboxylic acids is 2. The second-order valence-electron chi connectivity index (χ2n) is 8.29. The van der Waals surface area contributed by atoms with Crippen molar-refractivity contribution in [3.63, 3.8) is 0 Å². The predicted molar refractivity (Wildman–Crippen MR) is 134 cm³/mol. The van der Waals surface area contributed by atoms with Crippen molar-refractivity contribution in [2.24, 2.45) is 5.73 Å². The fourth-order valence-corrected chi connectivity index (χ4v) is 5.53. The van der Waals surface area contributed by atoms with Gasteiger partial charge in [-0.25, -0.2) is 8.42 Å². The second-order valence-corrected chi connectivity index (χ2v) is 10.2. The van der Waals surface area contributed by atoms with E-state index in [0.717, 1.165) is 24.0 Å². The first kappa shape index (κ1) is 24.4. The lowest BCUT2D eigenvalue weighted by molar-refractivity contribution is -0.122. The molecule has 0 bridgehead atoms. The van der Waals surface area contributed by atoms with E-state index in [4.69, 9.17) is 10.5 Å². The van der Waals surface area contributed by atoms with E-state index in [9.17, 15) is 18.0 Å². The van der Waals surface area contributed by atoms with Gasteiger partial charge in [-0.3, -0.25) is 9.59 Å². The van der Waals surface area contributed by atoms with Crippen molar-refractivity contribution >= 4 is 27.5 Å². The van der Waals surface area contributed by atoms with E-state index in [2.05, 4.69) is 5.32 Å². The second kappa shape index (κ2) is 10.3. The topological polar surface area (TPSA) is 119 Å². The normalized spacial score (nSPS) is 14.9. The van der Waals surface area contributed by atoms with Gasteiger partial charge in [0.2, 0.25) is 10.0 Å². The molecule has 3 aromatic carbocycles. The molecule has 0 aromatic heterocycles. The van der Waals surface area contributed by atoms with Gasteiger partial charge in [0.05, 0.1) is 10.5 Å². The first-order chi connectivity index (χ1) is 16.8. The molecule has 4 rings (SSSR count). The molecule has 0 saturated carbocycles. The Morgan fingerprint density at radius 3 is 2.31 bits per heavy atom. The van der Waals surface area contributed by atoms with Crippen molar-refractivity contribution in [1.29, 1.82) is 0 Å². The summed E-state index contributed by atoms with van der Waals surface area (Å²) < 4.78 is 32.9. The zero-order chi connectivity index (χ0) is 25.0. The lowest BCUT2D eigenvalue weighted by Gasteiger charge is -2.19. The number of nitrogens with two attached hydrogens (primary N) is 1. The molecule has 1 aliphatic rings. The minimum Gasteiger partial charge on any atom is -0.480 e. The van der Waals surface area contributed by atoms with E-state index in [1.807, 2.05) is 48.5 Å². The van der Waals surface area contributed by atoms with Crippen LogP contribution in [-0.4, -0.2) is 43.7 Å². The van der Waals surface area contributed by atoms with Gasteiger partial charge in [0.25, 0.3) is 11.8 Å². The highest BCUT2D eigenvalue weighted by atomic mass is 32.2. The molecule has 0 aliphatic carbocycles. The number of benzene rings is 3. The number of rotatable bonds is 8. The maximum atomic E-state index is 12.9. The number of hydrogen-bond donors (Lipinski definition) is 2. The van der Waals surface area contributed by atoms with Gasteiger partial charge < -0.3 is 15.8 Å². The summed E-state index contributed by atoms with van der Waals surface area (Å²) in [7, 11) is -3.74. The van der Waals surface area contributed by atoms with Crippen molar-refractivity contribution in [2.75, 3.05) is 18.4 Å². The number of anilines is 1. The van der Waals surface area contributed by atoms with Gasteiger partial charge in [-0.15, -0.1) is 0 Å². The van der Waals surface area contributed by atoms with E-state index in [0.29, 0.717) is 18.8 Å². The minimum absolute atomic E-state index is 0.0329. The van der Waals surface area contributed by atoms with E-state index < -0.39 is 27.9 Å². The van der Waals surface area contributed by atoms with Crippen LogP contribution in [0, 0.1) is 0 Å². The Morgan fingerprint density at radius 1 is 0.971 bits per heavy atom. The number of primary amides is 1. The highest BCUT2D eigenvalue weighted by Gasteiger charge is 2.29. The summed E-state index contributed by atoms with van der Waals surface area (Å²) in [6.45, 7) is 2.42. The molecule has 8 nitrogen and oxygen atoms in total. The first-order valence-electron chi connectivity index (χ1n) is 11.3. The van der Waals surface area contributed by atoms with E-state index in [-0.39, 0.29) is 16.2 Å². The third kappa shape index (κ3) is 5.36. The summed E-state index contributed by atoms with van der Waals surface area (Å²) in [5.74, 6) is -1.24. The zero-order valence-corrected chi connectivity index (χ0v) is 20.1. The molecule has 1 heterocycles. The Hall–Kier alpha value is -3.69. The molecule has 182 valence electrons. The van der Waals surface area contributed by atoms with Gasteiger partial charge in [-0.2, -0.15) is 4.31 Å². The van der Waals surface area contributed by atoms with Crippen molar-refractivity contribution in [3.05, 3.63) is 78.4 Å². The number of nitrogens with one attached hydrogen (secondary N) is 1. The molecule has 1 fully saturated rings. The Bertz CT molecular complexity index is 1340. The maximum absolute atomic E-state index is 12.9. The maximum Gasteiger partial charge on any atom is 0.265 e. The third-order valence-corrected chi connectivity index (χ3v) is 7.76. The summed E-state index contributed by atoms with van der Waals surface area (Å²) in [6.07, 6.45) is 0.602. The van der Waals surface area contributed by atoms with Crippen LogP contribution >= 0.6 is 0 Å². The molecule has 3 N–H and O–H groups in total. The molecule has 0 spiro atoms. The lowest BCUT2D eigenvalue weighted by Crippen LogP contribution is -2.31. The average Bonchev–Trinajstić information content (AvgIpc) is 3.41. The van der Waals surface area contributed by atoms with Crippen LogP contribution in [0.3, 0.4) is 0 Å². The molecule has 3 aromatic rings. The third-order valence-electron chi connectivity index (χ3n) is 5.86. The highest BCUT2D eigenvalue weighted by molar-refractivity contribution is 7.89. The van der Waals surface area contributed by atoms with Crippen LogP contribution in [0.4, 0.5) is 5.69 Å². The SMILES string of the molecule is C[C@H](Oc1ccc(S(=O)(=O)N2CCCC2)cc1C(N)=O)C(=O)Nc1ccccc1-c1ccccc1. The minimum atomic E-state index is -3.74. The number of sulfonamides is 1. The van der Waals surface area contributed by atoms with Crippen LogP contribution in [0.5, 0.6) is 5.75 Å². The number of ether oxygens (including phenoxy) is 1. The molecule has 0 radical (unpaired) electrons. The number of hydrogen-bond acceptors (Lipinski definition) is 5. The highest BCUT2D eigenvalue weighted by Crippen LogP contribution is 2.29. The molecule has 0 unspecified atom stereocenters. The predicted octanol–water partition coefficient (Wildman–Crippen LogP) is 3.64. The summed E-state index contributed by atoms with van der Waals surface area (Å²) >= 11 is 0. The van der Waals surface area contributed by atoms with E-state index in [1.54, 1.807) is 13.0 Å². The van der Waals surface area contributed by atoms with Crippen molar-refractivity contribution in [3.8, 4) is 16.9 Å². The van der Waals surface area contributed by atoms with Gasteiger partial charge in [0.1, 0.15) is 5.75 Å². The van der Waals surface area contributed by atoms with Gasteiger partial charge in [-0.1, -0.05) is 48.5 Å². The summed E-state index contributed by atoms with van der Waals surface area (Å²) in [4.78, 5) is 25.0. The fraction of sp³-hybridized carbons (Fsp3) is 0.231. The Balaban J connectivity index is 1.54. The van der Waals surface area contributed by atoms with Crippen LogP contribution in [0.15, 0.2) is 77.7 Å². The van der Waals surface area contributed by atoms with Gasteiger partial charge in [-0.05, 0) is 49.6 Å². The lowest BCUT2D eigenvalue weighted by atomic mass is 10.0. The smallest absolute Gasteiger partial charge is 0.265 e. The zero-order valence-electron chi connectivity index (χ0n) is 19.3. The van der Waals surface area contributed by atoms with Gasteiger partial charge in [0, 0.05) is 24.3 Å². The Kier molecular flexibility index (Phi) is 7.18. The van der Waals surface area contributed by atoms with Crippen molar-refractivity contribution in [1.82, 2.24) is 4.31 Å². The largest absolute Gasteiger partial charge is 0.480 e. The molecule has 9 heteroatoms. The first-order valence-corrected chi connectivity index (χ1v) is 12.8. The molecule has 1 aliphatic heterocycles. The molecular weight excluding hydrogens is 466 g/mol. The van der Waals surface area contributed by atoms with Gasteiger partial charge in [0.15, 0.2) is 6.10 Å². The monoisotopic (exact) mass is 493 g/mol. The Morgan fingerprint density at radius 2 is 1.63 bits per heavy atom. The van der Waals surface area contributed by atoms with Crippen LogP contribution in [0.2, 0.25) is 0 Å². The molecule has 35 heavy (non-hydrogen) atoms. The van der Waals surface area contributed by atoms with E-state index >= 15 is 0 Å². The standard InChI is InChI=1S/C26H27N3O5S/c1-18(26(31)28-23-12-6-5-11-21(23)19-9-3-2-4-10-19)34-24-14-13-20(17-22(24)25(27)30)35(32,33)29-15-7-8-16-29/h2-6,9-14,17-18H,7-8,15-16H2,1H3,(H2,27,30)(H,28,31)/t18-/m0/s1. The number of carbonyl (C=O) groups is 2. The molecular formula is C26H27N3O5S. The summed E-state index contributed by atoms with van der Waals surface area (Å²) in [5.41, 5.74) is 7.82. The Labute approximate surface area is 204 Å². The average molecular weight is 494 g/mol. The number of nitrogens with zero attached hydrogens (tertiary/aromatic N) is 1.